The number of aromatic amines is 1. The molecule has 2 aromatic rings. The summed E-state index contributed by atoms with van der Waals surface area (Å²) in [7, 11) is 1.52. The summed E-state index contributed by atoms with van der Waals surface area (Å²) < 4.78 is 18.3. The number of thioether (sulfide) groups is 1. The Balaban J connectivity index is 2.18. The van der Waals surface area contributed by atoms with E-state index in [0.717, 1.165) is 0 Å². The number of rotatable bonds is 4. The van der Waals surface area contributed by atoms with Crippen molar-refractivity contribution in [3.8, 4) is 5.75 Å². The first-order valence-electron chi connectivity index (χ1n) is 5.40. The van der Waals surface area contributed by atoms with E-state index in [0.29, 0.717) is 22.2 Å². The number of methoxy groups -OCH3 is 1. The van der Waals surface area contributed by atoms with Crippen molar-refractivity contribution in [3.63, 3.8) is 0 Å². The summed E-state index contributed by atoms with van der Waals surface area (Å²) in [6, 6.07) is 5.47. The van der Waals surface area contributed by atoms with Gasteiger partial charge in [0, 0.05) is 17.4 Å². The molecule has 0 aliphatic rings. The van der Waals surface area contributed by atoms with Gasteiger partial charge in [0.2, 0.25) is 0 Å². The molecule has 0 aliphatic carbocycles. The smallest absolute Gasteiger partial charge is 0.253 e. The zero-order valence-corrected chi connectivity index (χ0v) is 11.0. The van der Waals surface area contributed by atoms with E-state index < -0.39 is 0 Å². The number of anilines is 1. The number of halogens is 1. The number of hydrogen-bond acceptors (Lipinski definition) is 5. The Morgan fingerprint density at radius 2 is 2.26 bits per heavy atom. The van der Waals surface area contributed by atoms with E-state index in [-0.39, 0.29) is 17.2 Å². The van der Waals surface area contributed by atoms with Crippen LogP contribution in [0.25, 0.3) is 0 Å². The quantitative estimate of drug-likeness (QED) is 0.659. The van der Waals surface area contributed by atoms with Crippen molar-refractivity contribution in [2.75, 3.05) is 12.8 Å². The van der Waals surface area contributed by atoms with Crippen LogP contribution in [0.1, 0.15) is 5.56 Å². The minimum atomic E-state index is -0.342. The van der Waals surface area contributed by atoms with Gasteiger partial charge in [-0.25, -0.2) is 9.37 Å². The number of hydrogen-bond donors (Lipinski definition) is 2. The summed E-state index contributed by atoms with van der Waals surface area (Å²) in [5.74, 6) is 0.802. The monoisotopic (exact) mass is 281 g/mol. The van der Waals surface area contributed by atoms with Gasteiger partial charge in [-0.05, 0) is 18.2 Å². The lowest BCUT2D eigenvalue weighted by atomic mass is 10.2. The highest BCUT2D eigenvalue weighted by molar-refractivity contribution is 7.98. The van der Waals surface area contributed by atoms with E-state index >= 15 is 0 Å². The number of nitrogens with zero attached hydrogens (tertiary/aromatic N) is 1. The highest BCUT2D eigenvalue weighted by atomic mass is 32.2. The molecule has 19 heavy (non-hydrogen) atoms. The Kier molecular flexibility index (Phi) is 4.06. The molecule has 5 nitrogen and oxygen atoms in total. The summed E-state index contributed by atoms with van der Waals surface area (Å²) >= 11 is 1.25. The van der Waals surface area contributed by atoms with Crippen LogP contribution in [0.2, 0.25) is 0 Å². The van der Waals surface area contributed by atoms with Gasteiger partial charge in [0.05, 0.1) is 7.11 Å². The average molecular weight is 281 g/mol. The van der Waals surface area contributed by atoms with Crippen LogP contribution in [0.5, 0.6) is 5.75 Å². The molecular weight excluding hydrogens is 269 g/mol. The van der Waals surface area contributed by atoms with Crippen LogP contribution in [0.3, 0.4) is 0 Å². The minimum absolute atomic E-state index is 0.150. The molecule has 0 saturated heterocycles. The van der Waals surface area contributed by atoms with E-state index in [9.17, 15) is 9.18 Å². The first-order valence-corrected chi connectivity index (χ1v) is 6.39. The zero-order chi connectivity index (χ0) is 13.8. The fraction of sp³-hybridized carbons (Fsp3) is 0.167. The van der Waals surface area contributed by atoms with Crippen molar-refractivity contribution in [2.45, 2.75) is 10.9 Å². The molecule has 3 N–H and O–H groups in total. The van der Waals surface area contributed by atoms with Gasteiger partial charge in [-0.15, -0.1) is 0 Å². The molecule has 7 heteroatoms. The number of ether oxygens (including phenoxy) is 1. The van der Waals surface area contributed by atoms with Crippen LogP contribution in [0.4, 0.5) is 10.2 Å². The molecule has 0 atom stereocenters. The van der Waals surface area contributed by atoms with E-state index in [4.69, 9.17) is 10.5 Å². The van der Waals surface area contributed by atoms with Gasteiger partial charge in [-0.1, -0.05) is 11.8 Å². The topological polar surface area (TPSA) is 81.0 Å². The van der Waals surface area contributed by atoms with E-state index in [1.165, 1.54) is 37.1 Å². The van der Waals surface area contributed by atoms with E-state index in [1.54, 1.807) is 6.07 Å². The molecule has 0 radical (unpaired) electrons. The van der Waals surface area contributed by atoms with Crippen molar-refractivity contribution in [3.05, 3.63) is 46.0 Å². The normalized spacial score (nSPS) is 10.4. The predicted octanol–water partition coefficient (Wildman–Crippen LogP) is 1.79. The summed E-state index contributed by atoms with van der Waals surface area (Å²) in [6.07, 6.45) is 0. The van der Waals surface area contributed by atoms with Crippen molar-refractivity contribution in [2.24, 2.45) is 0 Å². The third-order valence-electron chi connectivity index (χ3n) is 2.35. The Morgan fingerprint density at radius 1 is 1.47 bits per heavy atom. The van der Waals surface area contributed by atoms with Gasteiger partial charge < -0.3 is 15.5 Å². The second-order valence-corrected chi connectivity index (χ2v) is 4.68. The number of nitrogen functional groups attached to an aromatic ring is 1. The summed E-state index contributed by atoms with van der Waals surface area (Å²) in [5.41, 5.74) is 5.84. The molecule has 0 fully saturated rings. The molecule has 0 saturated carbocycles. The Hall–Kier alpha value is -2.02. The first-order chi connectivity index (χ1) is 9.08. The maximum atomic E-state index is 13.2. The number of benzene rings is 1. The van der Waals surface area contributed by atoms with Gasteiger partial charge in [0.25, 0.3) is 5.56 Å². The lowest BCUT2D eigenvalue weighted by Gasteiger charge is -2.08. The maximum absolute atomic E-state index is 13.2. The van der Waals surface area contributed by atoms with Crippen LogP contribution in [0.15, 0.2) is 34.2 Å². The Morgan fingerprint density at radius 3 is 2.95 bits per heavy atom. The molecular formula is C12H12FN3O2S. The fourth-order valence-corrected chi connectivity index (χ4v) is 2.39. The van der Waals surface area contributed by atoms with Crippen LogP contribution in [-0.2, 0) is 5.75 Å². The third kappa shape index (κ3) is 3.47. The lowest BCUT2D eigenvalue weighted by molar-refractivity contribution is 0.410. The molecule has 100 valence electrons. The molecule has 1 aromatic heterocycles. The summed E-state index contributed by atoms with van der Waals surface area (Å²) in [4.78, 5) is 17.8. The number of nitrogens with two attached hydrogens (primary N) is 1. The van der Waals surface area contributed by atoms with E-state index in [2.05, 4.69) is 9.97 Å². The van der Waals surface area contributed by atoms with Crippen LogP contribution < -0.4 is 16.0 Å². The second kappa shape index (κ2) is 5.75. The van der Waals surface area contributed by atoms with Crippen LogP contribution in [-0.4, -0.2) is 17.1 Å². The standard InChI is InChI=1S/C12H12FN3O2S/c1-18-9-3-2-8(13)4-7(9)6-19-12-15-10(14)5-11(17)16-12/h2-5H,6H2,1H3,(H3,14,15,16,17). The molecule has 1 aromatic carbocycles. The molecule has 0 spiro atoms. The highest BCUT2D eigenvalue weighted by Gasteiger charge is 2.07. The van der Waals surface area contributed by atoms with Gasteiger partial charge in [-0.2, -0.15) is 0 Å². The van der Waals surface area contributed by atoms with Gasteiger partial charge in [0.1, 0.15) is 17.4 Å². The van der Waals surface area contributed by atoms with Crippen molar-refractivity contribution < 1.29 is 9.13 Å². The highest BCUT2D eigenvalue weighted by Crippen LogP contribution is 2.26. The van der Waals surface area contributed by atoms with Gasteiger partial charge in [-0.3, -0.25) is 4.79 Å². The summed E-state index contributed by atoms with van der Waals surface area (Å²) in [6.45, 7) is 0. The Bertz CT molecular complexity index is 645. The second-order valence-electron chi connectivity index (χ2n) is 3.72. The lowest BCUT2D eigenvalue weighted by Crippen LogP contribution is -2.09. The number of nitrogens with one attached hydrogen (secondary N) is 1. The third-order valence-corrected chi connectivity index (χ3v) is 3.27. The molecule has 2 rings (SSSR count). The number of aromatic nitrogens is 2. The summed E-state index contributed by atoms with van der Waals surface area (Å²) in [5, 5.41) is 0.385. The van der Waals surface area contributed by atoms with Gasteiger partial charge in [0.15, 0.2) is 5.16 Å². The first kappa shape index (κ1) is 13.4. The maximum Gasteiger partial charge on any atom is 0.253 e. The molecule has 0 bridgehead atoms. The Labute approximate surface area is 113 Å². The van der Waals surface area contributed by atoms with E-state index in [1.807, 2.05) is 0 Å². The van der Waals surface area contributed by atoms with Gasteiger partial charge >= 0.3 is 0 Å². The molecule has 0 aliphatic heterocycles. The molecule has 1 heterocycles. The largest absolute Gasteiger partial charge is 0.496 e. The van der Waals surface area contributed by atoms with Crippen molar-refractivity contribution in [1.82, 2.24) is 9.97 Å². The average Bonchev–Trinajstić information content (AvgIpc) is 2.35. The fourth-order valence-electron chi connectivity index (χ4n) is 1.53. The SMILES string of the molecule is COc1ccc(F)cc1CSc1nc(N)cc(=O)[nH]1. The van der Waals surface area contributed by atoms with Crippen LogP contribution >= 0.6 is 11.8 Å². The molecule has 0 unspecified atom stereocenters. The van der Waals surface area contributed by atoms with Crippen molar-refractivity contribution in [1.29, 1.82) is 0 Å². The predicted molar refractivity (Wildman–Crippen MR) is 71.8 cm³/mol. The van der Waals surface area contributed by atoms with Crippen molar-refractivity contribution >= 4 is 17.6 Å². The zero-order valence-electron chi connectivity index (χ0n) is 10.1. The minimum Gasteiger partial charge on any atom is -0.496 e. The molecule has 0 amide bonds. The van der Waals surface area contributed by atoms with Crippen LogP contribution in [0, 0.1) is 5.82 Å². The number of H-pyrrole nitrogens is 1.